The Labute approximate surface area is 152 Å². The Bertz CT molecular complexity index is 927. The molecule has 0 atom stereocenters. The van der Waals surface area contributed by atoms with Crippen molar-refractivity contribution in [2.45, 2.75) is 31.5 Å². The first-order valence-electron chi connectivity index (χ1n) is 8.04. The molecule has 9 heteroatoms. The van der Waals surface area contributed by atoms with Gasteiger partial charge in [-0.2, -0.15) is 0 Å². The molecule has 1 aromatic carbocycles. The summed E-state index contributed by atoms with van der Waals surface area (Å²) in [5, 5.41) is 11.0. The molecule has 2 heterocycles. The van der Waals surface area contributed by atoms with Crippen molar-refractivity contribution in [1.82, 2.24) is 20.2 Å². The molecule has 0 spiro atoms. The summed E-state index contributed by atoms with van der Waals surface area (Å²) in [6.07, 6.45) is 5.74. The Kier molecular flexibility index (Phi) is 4.28. The van der Waals surface area contributed by atoms with Gasteiger partial charge in [0, 0.05) is 17.4 Å². The van der Waals surface area contributed by atoms with Crippen LogP contribution in [-0.4, -0.2) is 20.2 Å². The molecule has 1 N–H and O–H groups in total. The van der Waals surface area contributed by atoms with E-state index >= 15 is 0 Å². The normalized spacial score (nSPS) is 15.5. The summed E-state index contributed by atoms with van der Waals surface area (Å²) in [6.45, 7) is -0.825. The third-order valence-corrected chi connectivity index (χ3v) is 4.80. The first kappa shape index (κ1) is 16.8. The van der Waals surface area contributed by atoms with E-state index in [4.69, 9.17) is 16.0 Å². The molecule has 0 saturated heterocycles. The largest absolute Gasteiger partial charge is 0.418 e. The fraction of sp³-hybridized carbons (Fsp3) is 0.294. The molecule has 26 heavy (non-hydrogen) atoms. The Hall–Kier alpha value is -2.61. The molecule has 4 rings (SSSR count). The highest BCUT2D eigenvalue weighted by molar-refractivity contribution is 6.31. The van der Waals surface area contributed by atoms with E-state index in [1.165, 1.54) is 24.5 Å². The number of aromatic nitrogens is 4. The summed E-state index contributed by atoms with van der Waals surface area (Å²) < 4.78 is 31.0. The van der Waals surface area contributed by atoms with E-state index in [9.17, 15) is 8.78 Å². The van der Waals surface area contributed by atoms with Crippen molar-refractivity contribution in [3.63, 3.8) is 0 Å². The van der Waals surface area contributed by atoms with Gasteiger partial charge >= 0.3 is 0 Å². The Morgan fingerprint density at radius 3 is 2.54 bits per heavy atom. The fourth-order valence-corrected chi connectivity index (χ4v) is 3.36. The minimum absolute atomic E-state index is 0.0958. The number of nitrogens with one attached hydrogen (secondary N) is 1. The highest BCUT2D eigenvalue weighted by atomic mass is 35.5. The van der Waals surface area contributed by atoms with Crippen molar-refractivity contribution in [1.29, 1.82) is 0 Å². The van der Waals surface area contributed by atoms with Gasteiger partial charge in [0.1, 0.15) is 5.82 Å². The smallest absolute Gasteiger partial charge is 0.251 e. The van der Waals surface area contributed by atoms with Crippen LogP contribution < -0.4 is 5.32 Å². The number of rotatable bonds is 5. The number of benzene rings is 1. The lowest BCUT2D eigenvalue weighted by atomic mass is 9.72. The summed E-state index contributed by atoms with van der Waals surface area (Å²) in [7, 11) is 0. The van der Waals surface area contributed by atoms with Gasteiger partial charge in [-0.15, -0.1) is 10.2 Å². The fourth-order valence-electron chi connectivity index (χ4n) is 3.01. The van der Waals surface area contributed by atoms with E-state index in [-0.39, 0.29) is 17.6 Å². The maximum atomic E-state index is 13.3. The second kappa shape index (κ2) is 6.60. The van der Waals surface area contributed by atoms with Crippen molar-refractivity contribution in [2.24, 2.45) is 0 Å². The van der Waals surface area contributed by atoms with Gasteiger partial charge in [0.05, 0.1) is 11.1 Å². The summed E-state index contributed by atoms with van der Waals surface area (Å²) in [4.78, 5) is 8.54. The van der Waals surface area contributed by atoms with Crippen molar-refractivity contribution in [3.05, 3.63) is 52.9 Å². The minimum Gasteiger partial charge on any atom is -0.418 e. The molecule has 1 fully saturated rings. The highest BCUT2D eigenvalue weighted by Gasteiger charge is 2.40. The number of halogens is 3. The summed E-state index contributed by atoms with van der Waals surface area (Å²) in [5.74, 6) is 0.0887. The lowest BCUT2D eigenvalue weighted by Crippen LogP contribution is -2.42. The lowest BCUT2D eigenvalue weighted by Gasteiger charge is -2.43. The van der Waals surface area contributed by atoms with Crippen LogP contribution in [0.15, 0.2) is 35.0 Å². The van der Waals surface area contributed by atoms with Crippen LogP contribution in [0.5, 0.6) is 0 Å². The third-order valence-electron chi connectivity index (χ3n) is 4.48. The molecule has 1 saturated carbocycles. The van der Waals surface area contributed by atoms with Gasteiger partial charge in [0.25, 0.3) is 5.89 Å². The standard InChI is InChI=1S/C17H14ClF2N5O/c18-13-6-11(20)2-3-12(13)17(4-1-5-17)23-16-21-8-10(9-22-16)15-25-24-14(7-19)26-15/h2-3,6,8-9H,1,4-5,7H2,(H,21,22,23). The number of alkyl halides is 1. The quantitative estimate of drug-likeness (QED) is 0.715. The zero-order valence-electron chi connectivity index (χ0n) is 13.5. The van der Waals surface area contributed by atoms with Crippen molar-refractivity contribution < 1.29 is 13.2 Å². The van der Waals surface area contributed by atoms with E-state index < -0.39 is 12.2 Å². The van der Waals surface area contributed by atoms with E-state index in [2.05, 4.69) is 25.5 Å². The first-order chi connectivity index (χ1) is 12.6. The lowest BCUT2D eigenvalue weighted by molar-refractivity contribution is 0.282. The first-order valence-corrected chi connectivity index (χ1v) is 8.42. The minimum atomic E-state index is -0.825. The second-order valence-electron chi connectivity index (χ2n) is 6.11. The van der Waals surface area contributed by atoms with Crippen LogP contribution in [0.1, 0.15) is 30.7 Å². The monoisotopic (exact) mass is 377 g/mol. The molecule has 1 aliphatic rings. The van der Waals surface area contributed by atoms with Crippen molar-refractivity contribution in [3.8, 4) is 11.5 Å². The van der Waals surface area contributed by atoms with E-state index in [1.807, 2.05) is 0 Å². The molecule has 2 aromatic heterocycles. The zero-order valence-corrected chi connectivity index (χ0v) is 14.3. The van der Waals surface area contributed by atoms with Crippen LogP contribution in [0.4, 0.5) is 14.7 Å². The van der Waals surface area contributed by atoms with Crippen LogP contribution in [-0.2, 0) is 12.2 Å². The number of hydrogen-bond acceptors (Lipinski definition) is 6. The summed E-state index contributed by atoms with van der Waals surface area (Å²) in [6, 6.07) is 4.39. The van der Waals surface area contributed by atoms with E-state index in [1.54, 1.807) is 6.07 Å². The van der Waals surface area contributed by atoms with E-state index in [0.717, 1.165) is 24.8 Å². The predicted molar refractivity (Wildman–Crippen MR) is 90.7 cm³/mol. The molecule has 1 aliphatic carbocycles. The number of anilines is 1. The molecule has 6 nitrogen and oxygen atoms in total. The van der Waals surface area contributed by atoms with Gasteiger partial charge in [0.2, 0.25) is 11.8 Å². The highest BCUT2D eigenvalue weighted by Crippen LogP contribution is 2.46. The van der Waals surface area contributed by atoms with Crippen LogP contribution in [0.2, 0.25) is 5.02 Å². The molecule has 0 bridgehead atoms. The molecule has 0 aliphatic heterocycles. The van der Waals surface area contributed by atoms with Crippen LogP contribution in [0.3, 0.4) is 0 Å². The van der Waals surface area contributed by atoms with E-state index in [0.29, 0.717) is 16.5 Å². The van der Waals surface area contributed by atoms with Crippen LogP contribution >= 0.6 is 11.6 Å². The molecular formula is C17H14ClF2N5O. The Morgan fingerprint density at radius 2 is 1.96 bits per heavy atom. The molecular weight excluding hydrogens is 364 g/mol. The van der Waals surface area contributed by atoms with Gasteiger partial charge in [-0.05, 0) is 37.0 Å². The molecule has 134 valence electrons. The van der Waals surface area contributed by atoms with Gasteiger partial charge in [0.15, 0.2) is 6.67 Å². The van der Waals surface area contributed by atoms with Gasteiger partial charge in [-0.3, -0.25) is 0 Å². The molecule has 3 aromatic rings. The average Bonchev–Trinajstić information content (AvgIpc) is 3.08. The van der Waals surface area contributed by atoms with Crippen molar-refractivity contribution in [2.75, 3.05) is 5.32 Å². The third kappa shape index (κ3) is 3.01. The van der Waals surface area contributed by atoms with Gasteiger partial charge in [-0.25, -0.2) is 18.7 Å². The van der Waals surface area contributed by atoms with Gasteiger partial charge < -0.3 is 9.73 Å². The maximum absolute atomic E-state index is 13.3. The zero-order chi connectivity index (χ0) is 18.1. The average molecular weight is 378 g/mol. The topological polar surface area (TPSA) is 76.7 Å². The Balaban J connectivity index is 1.57. The molecule has 0 amide bonds. The van der Waals surface area contributed by atoms with Crippen LogP contribution in [0.25, 0.3) is 11.5 Å². The number of hydrogen-bond donors (Lipinski definition) is 1. The van der Waals surface area contributed by atoms with Crippen LogP contribution in [0, 0.1) is 5.82 Å². The summed E-state index contributed by atoms with van der Waals surface area (Å²) in [5.41, 5.74) is 0.896. The second-order valence-corrected chi connectivity index (χ2v) is 6.52. The SMILES string of the molecule is FCc1nnc(-c2cnc(NC3(c4ccc(F)cc4Cl)CCC3)nc2)o1. The molecule has 0 radical (unpaired) electrons. The van der Waals surface area contributed by atoms with Crippen molar-refractivity contribution >= 4 is 17.5 Å². The predicted octanol–water partition coefficient (Wildman–Crippen LogP) is 4.28. The number of nitrogens with zero attached hydrogens (tertiary/aromatic N) is 4. The van der Waals surface area contributed by atoms with Gasteiger partial charge in [-0.1, -0.05) is 17.7 Å². The Morgan fingerprint density at radius 1 is 1.19 bits per heavy atom. The summed E-state index contributed by atoms with van der Waals surface area (Å²) >= 11 is 6.24. The maximum Gasteiger partial charge on any atom is 0.251 e. The molecule has 0 unspecified atom stereocenters.